The molecule has 0 spiro atoms. The number of hydrogen-bond donors (Lipinski definition) is 2. The normalized spacial score (nSPS) is 19.0. The van der Waals surface area contributed by atoms with Gasteiger partial charge in [0.15, 0.2) is 0 Å². The van der Waals surface area contributed by atoms with Crippen LogP contribution in [0.5, 0.6) is 0 Å². The van der Waals surface area contributed by atoms with E-state index >= 15 is 0 Å². The van der Waals surface area contributed by atoms with Crippen LogP contribution in [0.2, 0.25) is 0 Å². The second-order valence-corrected chi connectivity index (χ2v) is 4.45. The minimum absolute atomic E-state index is 0.0492. The highest BCUT2D eigenvalue weighted by Gasteiger charge is 2.20. The lowest BCUT2D eigenvalue weighted by molar-refractivity contribution is 0.438. The van der Waals surface area contributed by atoms with Crippen LogP contribution in [0.3, 0.4) is 0 Å². The van der Waals surface area contributed by atoms with Gasteiger partial charge in [-0.15, -0.1) is 0 Å². The second kappa shape index (κ2) is 5.32. The van der Waals surface area contributed by atoms with E-state index in [0.717, 1.165) is 24.2 Å². The first-order valence-corrected chi connectivity index (χ1v) is 6.02. The largest absolute Gasteiger partial charge is 0.467 e. The number of hydrazine groups is 1. The Kier molecular flexibility index (Phi) is 3.80. The molecule has 2 rings (SSSR count). The molecule has 0 saturated heterocycles. The molecule has 88 valence electrons. The molecule has 16 heavy (non-hydrogen) atoms. The summed E-state index contributed by atoms with van der Waals surface area (Å²) in [5.41, 5.74) is 5.41. The Hall–Kier alpha value is -1.06. The van der Waals surface area contributed by atoms with Gasteiger partial charge in [0.25, 0.3) is 0 Å². The molecule has 1 aliphatic rings. The van der Waals surface area contributed by atoms with Gasteiger partial charge in [-0.1, -0.05) is 12.5 Å². The van der Waals surface area contributed by atoms with E-state index in [1.165, 1.54) is 24.8 Å². The molecule has 3 nitrogen and oxygen atoms in total. The SMILES string of the molecule is Cc1ccoc1C(NN)C1=CCCCCC1. The van der Waals surface area contributed by atoms with E-state index in [9.17, 15) is 0 Å². The van der Waals surface area contributed by atoms with E-state index in [1.807, 2.05) is 6.07 Å². The Morgan fingerprint density at radius 2 is 2.25 bits per heavy atom. The van der Waals surface area contributed by atoms with Crippen LogP contribution in [0.25, 0.3) is 0 Å². The van der Waals surface area contributed by atoms with Crippen molar-refractivity contribution in [1.29, 1.82) is 0 Å². The number of allylic oxidation sites excluding steroid dienone is 1. The van der Waals surface area contributed by atoms with Gasteiger partial charge in [-0.3, -0.25) is 5.84 Å². The molecule has 0 aromatic carbocycles. The highest BCUT2D eigenvalue weighted by atomic mass is 16.3. The Morgan fingerprint density at radius 1 is 1.38 bits per heavy atom. The first-order valence-electron chi connectivity index (χ1n) is 6.02. The van der Waals surface area contributed by atoms with Crippen LogP contribution in [0, 0.1) is 6.92 Å². The zero-order chi connectivity index (χ0) is 11.4. The van der Waals surface area contributed by atoms with Crippen molar-refractivity contribution in [3.05, 3.63) is 35.3 Å². The molecule has 0 aliphatic heterocycles. The van der Waals surface area contributed by atoms with Crippen molar-refractivity contribution in [1.82, 2.24) is 5.43 Å². The molecule has 1 aromatic rings. The van der Waals surface area contributed by atoms with Gasteiger partial charge in [-0.2, -0.15) is 0 Å². The summed E-state index contributed by atoms with van der Waals surface area (Å²) in [6.45, 7) is 2.06. The minimum Gasteiger partial charge on any atom is -0.467 e. The summed E-state index contributed by atoms with van der Waals surface area (Å²) in [7, 11) is 0. The summed E-state index contributed by atoms with van der Waals surface area (Å²) in [6.07, 6.45) is 10.2. The van der Waals surface area contributed by atoms with Crippen LogP contribution in [0.15, 0.2) is 28.4 Å². The van der Waals surface area contributed by atoms with Gasteiger partial charge in [0.05, 0.1) is 6.26 Å². The first-order chi connectivity index (χ1) is 7.83. The quantitative estimate of drug-likeness (QED) is 0.468. The number of furan rings is 1. The van der Waals surface area contributed by atoms with E-state index in [-0.39, 0.29) is 6.04 Å². The molecule has 3 N–H and O–H groups in total. The van der Waals surface area contributed by atoms with Crippen LogP contribution in [-0.4, -0.2) is 0 Å². The van der Waals surface area contributed by atoms with Crippen molar-refractivity contribution in [2.75, 3.05) is 0 Å². The summed E-state index contributed by atoms with van der Waals surface area (Å²) >= 11 is 0. The van der Waals surface area contributed by atoms with E-state index in [0.29, 0.717) is 0 Å². The number of nitrogens with two attached hydrogens (primary N) is 1. The third kappa shape index (κ3) is 2.36. The van der Waals surface area contributed by atoms with Crippen LogP contribution in [-0.2, 0) is 0 Å². The van der Waals surface area contributed by atoms with Crippen molar-refractivity contribution >= 4 is 0 Å². The molecular formula is C13H20N2O. The Balaban J connectivity index is 2.21. The minimum atomic E-state index is 0.0492. The van der Waals surface area contributed by atoms with Gasteiger partial charge in [0, 0.05) is 0 Å². The molecule has 0 saturated carbocycles. The van der Waals surface area contributed by atoms with E-state index in [1.54, 1.807) is 6.26 Å². The Morgan fingerprint density at radius 3 is 2.94 bits per heavy atom. The smallest absolute Gasteiger partial charge is 0.129 e. The summed E-state index contributed by atoms with van der Waals surface area (Å²) in [5.74, 6) is 6.62. The molecule has 0 bridgehead atoms. The number of hydrogen-bond acceptors (Lipinski definition) is 3. The van der Waals surface area contributed by atoms with Crippen molar-refractivity contribution in [2.45, 2.75) is 45.1 Å². The monoisotopic (exact) mass is 220 g/mol. The fourth-order valence-corrected chi connectivity index (χ4v) is 2.33. The average Bonchev–Trinajstić information content (AvgIpc) is 2.57. The molecule has 3 heteroatoms. The molecule has 1 aliphatic carbocycles. The van der Waals surface area contributed by atoms with Crippen molar-refractivity contribution in [3.8, 4) is 0 Å². The molecule has 1 aromatic heterocycles. The van der Waals surface area contributed by atoms with Gasteiger partial charge in [0.2, 0.25) is 0 Å². The summed E-state index contributed by atoms with van der Waals surface area (Å²) in [5, 5.41) is 0. The molecule has 1 unspecified atom stereocenters. The summed E-state index contributed by atoms with van der Waals surface area (Å²) in [4.78, 5) is 0. The van der Waals surface area contributed by atoms with Crippen LogP contribution in [0.1, 0.15) is 49.5 Å². The Bertz CT molecular complexity index is 368. The molecule has 0 amide bonds. The summed E-state index contributed by atoms with van der Waals surface area (Å²) < 4.78 is 5.53. The van der Waals surface area contributed by atoms with Gasteiger partial charge in [-0.05, 0) is 49.8 Å². The average molecular weight is 220 g/mol. The third-order valence-electron chi connectivity index (χ3n) is 3.28. The van der Waals surface area contributed by atoms with Crippen LogP contribution < -0.4 is 11.3 Å². The van der Waals surface area contributed by atoms with E-state index in [2.05, 4.69) is 18.4 Å². The predicted molar refractivity (Wildman–Crippen MR) is 64.7 cm³/mol. The van der Waals surface area contributed by atoms with Crippen molar-refractivity contribution in [3.63, 3.8) is 0 Å². The predicted octanol–water partition coefficient (Wildman–Crippen LogP) is 2.98. The molecule has 1 atom stereocenters. The molecule has 0 radical (unpaired) electrons. The molecule has 1 heterocycles. The molecular weight excluding hydrogens is 200 g/mol. The van der Waals surface area contributed by atoms with Gasteiger partial charge in [-0.25, -0.2) is 5.43 Å². The van der Waals surface area contributed by atoms with Crippen LogP contribution >= 0.6 is 0 Å². The fraction of sp³-hybridized carbons (Fsp3) is 0.538. The fourth-order valence-electron chi connectivity index (χ4n) is 2.33. The number of rotatable bonds is 3. The topological polar surface area (TPSA) is 51.2 Å². The van der Waals surface area contributed by atoms with Crippen molar-refractivity contribution < 1.29 is 4.42 Å². The first kappa shape index (κ1) is 11.4. The third-order valence-corrected chi connectivity index (χ3v) is 3.28. The maximum atomic E-state index is 5.66. The van der Waals surface area contributed by atoms with Gasteiger partial charge >= 0.3 is 0 Å². The van der Waals surface area contributed by atoms with Gasteiger partial charge in [0.1, 0.15) is 11.8 Å². The van der Waals surface area contributed by atoms with Crippen LogP contribution in [0.4, 0.5) is 0 Å². The second-order valence-electron chi connectivity index (χ2n) is 4.45. The number of aryl methyl sites for hydroxylation is 1. The standard InChI is InChI=1S/C13H20N2O/c1-10-8-9-16-13(10)12(15-14)11-6-4-2-3-5-7-11/h6,8-9,12,15H,2-5,7,14H2,1H3. The van der Waals surface area contributed by atoms with E-state index in [4.69, 9.17) is 10.3 Å². The summed E-state index contributed by atoms with van der Waals surface area (Å²) in [6, 6.07) is 2.03. The number of nitrogens with one attached hydrogen (secondary N) is 1. The lowest BCUT2D eigenvalue weighted by Crippen LogP contribution is -2.29. The maximum Gasteiger partial charge on any atom is 0.129 e. The lowest BCUT2D eigenvalue weighted by Gasteiger charge is -2.17. The van der Waals surface area contributed by atoms with E-state index < -0.39 is 0 Å². The maximum absolute atomic E-state index is 5.66. The molecule has 0 fully saturated rings. The highest BCUT2D eigenvalue weighted by Crippen LogP contribution is 2.30. The van der Waals surface area contributed by atoms with Crippen molar-refractivity contribution in [2.24, 2.45) is 5.84 Å². The lowest BCUT2D eigenvalue weighted by atomic mass is 9.98. The highest BCUT2D eigenvalue weighted by molar-refractivity contribution is 5.27. The zero-order valence-corrected chi connectivity index (χ0v) is 9.83. The zero-order valence-electron chi connectivity index (χ0n) is 9.83. The Labute approximate surface area is 96.7 Å². The van der Waals surface area contributed by atoms with Gasteiger partial charge < -0.3 is 4.42 Å².